The summed E-state index contributed by atoms with van der Waals surface area (Å²) < 4.78 is 14.2. The molecule has 3 nitrogen and oxygen atoms in total. The molecule has 0 amide bonds. The maximum Gasteiger partial charge on any atom is 0.335 e. The first-order valence-electron chi connectivity index (χ1n) is 6.42. The van der Waals surface area contributed by atoms with E-state index in [0.29, 0.717) is 10.9 Å². The summed E-state index contributed by atoms with van der Waals surface area (Å²) in [6.45, 7) is 0. The fraction of sp³-hybridized carbons (Fsp3) is 0. The summed E-state index contributed by atoms with van der Waals surface area (Å²) in [5, 5.41) is 20.0. The molecule has 3 aromatic rings. The monoisotopic (exact) mass is 316 g/mol. The Bertz CT molecular complexity index is 906. The number of phenols is 1. The van der Waals surface area contributed by atoms with Crippen LogP contribution >= 0.6 is 11.6 Å². The number of rotatable bonds is 2. The van der Waals surface area contributed by atoms with Crippen molar-refractivity contribution < 1.29 is 19.4 Å². The van der Waals surface area contributed by atoms with Crippen LogP contribution in [0.3, 0.4) is 0 Å². The first-order valence-corrected chi connectivity index (χ1v) is 6.80. The number of carbonyl (C=O) groups is 1. The standard InChI is InChI=1S/C17H10ClFO3/c18-16-14(20)7-6-13(19)15(16)11-3-1-2-9-4-5-10(17(21)22)8-12(9)11/h1-8,20H,(H,21,22). The zero-order valence-corrected chi connectivity index (χ0v) is 11.9. The van der Waals surface area contributed by atoms with Crippen molar-refractivity contribution >= 4 is 28.3 Å². The molecule has 0 unspecified atom stereocenters. The van der Waals surface area contributed by atoms with E-state index in [0.717, 1.165) is 11.5 Å². The van der Waals surface area contributed by atoms with Gasteiger partial charge in [0.1, 0.15) is 11.6 Å². The molecular formula is C17H10ClFO3. The van der Waals surface area contributed by atoms with E-state index in [1.807, 2.05) is 0 Å². The highest BCUT2D eigenvalue weighted by molar-refractivity contribution is 6.35. The molecule has 0 heterocycles. The van der Waals surface area contributed by atoms with Gasteiger partial charge in [0.25, 0.3) is 0 Å². The average molecular weight is 317 g/mol. The van der Waals surface area contributed by atoms with Crippen LogP contribution in [0.4, 0.5) is 4.39 Å². The highest BCUT2D eigenvalue weighted by Crippen LogP contribution is 2.39. The van der Waals surface area contributed by atoms with Gasteiger partial charge in [0, 0.05) is 5.56 Å². The SMILES string of the molecule is O=C(O)c1ccc2cccc(-c3c(F)ccc(O)c3Cl)c2c1. The highest BCUT2D eigenvalue weighted by atomic mass is 35.5. The fourth-order valence-electron chi connectivity index (χ4n) is 2.41. The molecule has 0 fully saturated rings. The van der Waals surface area contributed by atoms with Crippen molar-refractivity contribution in [3.63, 3.8) is 0 Å². The summed E-state index contributed by atoms with van der Waals surface area (Å²) in [4.78, 5) is 11.1. The van der Waals surface area contributed by atoms with Crippen molar-refractivity contribution in [2.24, 2.45) is 0 Å². The number of hydrogen-bond acceptors (Lipinski definition) is 2. The number of carboxylic acids is 1. The number of carboxylic acid groups (broad SMARTS) is 1. The molecule has 2 N–H and O–H groups in total. The van der Waals surface area contributed by atoms with Gasteiger partial charge in [0.2, 0.25) is 0 Å². The molecule has 22 heavy (non-hydrogen) atoms. The van der Waals surface area contributed by atoms with E-state index >= 15 is 0 Å². The van der Waals surface area contributed by atoms with Crippen LogP contribution in [0, 0.1) is 5.82 Å². The number of hydrogen-bond donors (Lipinski definition) is 2. The smallest absolute Gasteiger partial charge is 0.335 e. The minimum absolute atomic E-state index is 0.0507. The number of aromatic hydroxyl groups is 1. The Morgan fingerprint density at radius 2 is 1.86 bits per heavy atom. The third-order valence-corrected chi connectivity index (χ3v) is 3.85. The predicted octanol–water partition coefficient (Wildman–Crippen LogP) is 4.70. The van der Waals surface area contributed by atoms with Gasteiger partial charge >= 0.3 is 5.97 Å². The van der Waals surface area contributed by atoms with Crippen LogP contribution in [0.1, 0.15) is 10.4 Å². The van der Waals surface area contributed by atoms with Gasteiger partial charge in [0.15, 0.2) is 0 Å². The van der Waals surface area contributed by atoms with Gasteiger partial charge < -0.3 is 10.2 Å². The van der Waals surface area contributed by atoms with E-state index < -0.39 is 11.8 Å². The molecule has 0 spiro atoms. The van der Waals surface area contributed by atoms with Gasteiger partial charge in [-0.25, -0.2) is 9.18 Å². The normalized spacial score (nSPS) is 10.8. The van der Waals surface area contributed by atoms with Crippen molar-refractivity contribution in [3.8, 4) is 16.9 Å². The van der Waals surface area contributed by atoms with Gasteiger partial charge in [-0.3, -0.25) is 0 Å². The Kier molecular flexibility index (Phi) is 3.47. The molecule has 0 aliphatic carbocycles. The van der Waals surface area contributed by atoms with Crippen molar-refractivity contribution in [3.05, 3.63) is 64.9 Å². The molecule has 110 valence electrons. The van der Waals surface area contributed by atoms with Crippen molar-refractivity contribution in [1.82, 2.24) is 0 Å². The van der Waals surface area contributed by atoms with Gasteiger partial charge in [-0.05, 0) is 40.6 Å². The fourth-order valence-corrected chi connectivity index (χ4v) is 2.67. The number of halogens is 2. The molecule has 0 saturated heterocycles. The van der Waals surface area contributed by atoms with Crippen molar-refractivity contribution in [2.45, 2.75) is 0 Å². The largest absolute Gasteiger partial charge is 0.506 e. The molecular weight excluding hydrogens is 307 g/mol. The van der Waals surface area contributed by atoms with E-state index in [2.05, 4.69) is 0 Å². The lowest BCUT2D eigenvalue weighted by molar-refractivity contribution is 0.0697. The Morgan fingerprint density at radius 1 is 1.09 bits per heavy atom. The van der Waals surface area contributed by atoms with Crippen LogP contribution < -0.4 is 0 Å². The summed E-state index contributed by atoms with van der Waals surface area (Å²) in [5.41, 5.74) is 0.574. The first-order chi connectivity index (χ1) is 10.5. The minimum Gasteiger partial charge on any atom is -0.506 e. The quantitative estimate of drug-likeness (QED) is 0.720. The van der Waals surface area contributed by atoms with Gasteiger partial charge in [-0.15, -0.1) is 0 Å². The second-order valence-electron chi connectivity index (χ2n) is 4.80. The Hall–Kier alpha value is -2.59. The van der Waals surface area contributed by atoms with E-state index in [1.54, 1.807) is 24.3 Å². The van der Waals surface area contributed by atoms with Crippen LogP contribution in [0.2, 0.25) is 5.02 Å². The maximum atomic E-state index is 14.2. The number of phenolic OH excluding ortho intramolecular Hbond substituents is 1. The van der Waals surface area contributed by atoms with Crippen LogP contribution in [0.5, 0.6) is 5.75 Å². The average Bonchev–Trinajstić information content (AvgIpc) is 2.51. The molecule has 3 rings (SSSR count). The van der Waals surface area contributed by atoms with Gasteiger partial charge in [-0.1, -0.05) is 35.9 Å². The van der Waals surface area contributed by atoms with Crippen LogP contribution in [0.25, 0.3) is 21.9 Å². The Morgan fingerprint density at radius 3 is 2.59 bits per heavy atom. The zero-order valence-electron chi connectivity index (χ0n) is 11.2. The second kappa shape index (κ2) is 5.31. The van der Waals surface area contributed by atoms with Gasteiger partial charge in [0.05, 0.1) is 10.6 Å². The molecule has 0 saturated carbocycles. The number of fused-ring (bicyclic) bond motifs is 1. The third kappa shape index (κ3) is 2.27. The van der Waals surface area contributed by atoms with Gasteiger partial charge in [-0.2, -0.15) is 0 Å². The van der Waals surface area contributed by atoms with Crippen molar-refractivity contribution in [2.75, 3.05) is 0 Å². The summed E-state index contributed by atoms with van der Waals surface area (Å²) in [6, 6.07) is 12.0. The third-order valence-electron chi connectivity index (χ3n) is 3.47. The second-order valence-corrected chi connectivity index (χ2v) is 5.18. The molecule has 0 aliphatic rings. The zero-order chi connectivity index (χ0) is 15.9. The molecule has 0 atom stereocenters. The van der Waals surface area contributed by atoms with Crippen molar-refractivity contribution in [1.29, 1.82) is 0 Å². The molecule has 0 bridgehead atoms. The van der Waals surface area contributed by atoms with E-state index in [1.165, 1.54) is 18.2 Å². The number of aromatic carboxylic acids is 1. The molecule has 3 aromatic carbocycles. The lowest BCUT2D eigenvalue weighted by atomic mass is 9.96. The van der Waals surface area contributed by atoms with E-state index in [-0.39, 0.29) is 21.9 Å². The summed E-state index contributed by atoms with van der Waals surface area (Å²) in [7, 11) is 0. The summed E-state index contributed by atoms with van der Waals surface area (Å²) in [5.74, 6) is -1.89. The maximum absolute atomic E-state index is 14.2. The molecule has 0 aliphatic heterocycles. The lowest BCUT2D eigenvalue weighted by Gasteiger charge is -2.11. The predicted molar refractivity (Wildman–Crippen MR) is 83.0 cm³/mol. The first kappa shape index (κ1) is 14.4. The van der Waals surface area contributed by atoms with E-state index in [9.17, 15) is 14.3 Å². The molecule has 5 heteroatoms. The lowest BCUT2D eigenvalue weighted by Crippen LogP contribution is -1.96. The molecule has 0 radical (unpaired) electrons. The Labute approximate surface area is 130 Å². The van der Waals surface area contributed by atoms with Crippen LogP contribution in [-0.2, 0) is 0 Å². The summed E-state index contributed by atoms with van der Waals surface area (Å²) in [6.07, 6.45) is 0. The molecule has 0 aromatic heterocycles. The minimum atomic E-state index is -1.07. The highest BCUT2D eigenvalue weighted by Gasteiger charge is 2.16. The van der Waals surface area contributed by atoms with E-state index in [4.69, 9.17) is 16.7 Å². The summed E-state index contributed by atoms with van der Waals surface area (Å²) >= 11 is 6.03. The number of benzene rings is 3. The van der Waals surface area contributed by atoms with Crippen LogP contribution in [0.15, 0.2) is 48.5 Å². The Balaban J connectivity index is 2.39. The van der Waals surface area contributed by atoms with Crippen LogP contribution in [-0.4, -0.2) is 16.2 Å². The topological polar surface area (TPSA) is 57.5 Å².